The summed E-state index contributed by atoms with van der Waals surface area (Å²) in [6.45, 7) is 0. The Balaban J connectivity index is 2.50. The average molecular weight is 178 g/mol. The standard InChI is InChI=1S/C9H10N2O2/c10-9(13)5-8(12)4-7-2-1-3-11-6-7/h1-3,6H,4-5H2,(H2,10,13). The van der Waals surface area contributed by atoms with Crippen LogP contribution in [0.25, 0.3) is 0 Å². The van der Waals surface area contributed by atoms with Crippen LogP contribution in [0.3, 0.4) is 0 Å². The zero-order valence-electron chi connectivity index (χ0n) is 7.06. The van der Waals surface area contributed by atoms with E-state index >= 15 is 0 Å². The molecule has 1 amide bonds. The number of ketones is 1. The lowest BCUT2D eigenvalue weighted by molar-refractivity contribution is -0.126. The molecule has 0 aliphatic rings. The number of Topliss-reactive ketones (excluding diaryl/α,β-unsaturated/α-hetero) is 1. The van der Waals surface area contributed by atoms with Crippen molar-refractivity contribution in [2.45, 2.75) is 12.8 Å². The van der Waals surface area contributed by atoms with Crippen LogP contribution in [0.2, 0.25) is 0 Å². The van der Waals surface area contributed by atoms with Crippen LogP contribution in [0.1, 0.15) is 12.0 Å². The van der Waals surface area contributed by atoms with E-state index in [0.29, 0.717) is 0 Å². The largest absolute Gasteiger partial charge is 0.369 e. The molecule has 13 heavy (non-hydrogen) atoms. The van der Waals surface area contributed by atoms with Gasteiger partial charge in [-0.15, -0.1) is 0 Å². The first-order valence-corrected chi connectivity index (χ1v) is 3.87. The van der Waals surface area contributed by atoms with E-state index in [0.717, 1.165) is 5.56 Å². The van der Waals surface area contributed by atoms with Crippen LogP contribution >= 0.6 is 0 Å². The number of nitrogens with zero attached hydrogens (tertiary/aromatic N) is 1. The van der Waals surface area contributed by atoms with Gasteiger partial charge >= 0.3 is 0 Å². The lowest BCUT2D eigenvalue weighted by Crippen LogP contribution is -2.17. The highest BCUT2D eigenvalue weighted by molar-refractivity contribution is 5.98. The number of carbonyl (C=O) groups excluding carboxylic acids is 2. The molecule has 1 rings (SSSR count). The highest BCUT2D eigenvalue weighted by Gasteiger charge is 2.06. The van der Waals surface area contributed by atoms with Gasteiger partial charge in [-0.2, -0.15) is 0 Å². The maximum Gasteiger partial charge on any atom is 0.224 e. The van der Waals surface area contributed by atoms with Crippen molar-refractivity contribution in [3.8, 4) is 0 Å². The van der Waals surface area contributed by atoms with E-state index in [9.17, 15) is 9.59 Å². The normalized spacial score (nSPS) is 9.54. The van der Waals surface area contributed by atoms with Gasteiger partial charge in [0.2, 0.25) is 5.91 Å². The first kappa shape index (κ1) is 9.38. The number of hydrogen-bond acceptors (Lipinski definition) is 3. The van der Waals surface area contributed by atoms with Crippen LogP contribution in [0.5, 0.6) is 0 Å². The molecule has 0 aliphatic carbocycles. The molecule has 0 aromatic carbocycles. The number of amides is 1. The van der Waals surface area contributed by atoms with Crippen molar-refractivity contribution < 1.29 is 9.59 Å². The summed E-state index contributed by atoms with van der Waals surface area (Å²) in [6, 6.07) is 3.53. The topological polar surface area (TPSA) is 73.1 Å². The molecular formula is C9H10N2O2. The minimum atomic E-state index is -0.589. The summed E-state index contributed by atoms with van der Waals surface area (Å²) in [7, 11) is 0. The van der Waals surface area contributed by atoms with E-state index in [2.05, 4.69) is 4.98 Å². The van der Waals surface area contributed by atoms with Crippen LogP contribution in [0, 0.1) is 0 Å². The fourth-order valence-electron chi connectivity index (χ4n) is 0.987. The van der Waals surface area contributed by atoms with Crippen molar-refractivity contribution in [3.63, 3.8) is 0 Å². The van der Waals surface area contributed by atoms with Gasteiger partial charge in [0.05, 0.1) is 6.42 Å². The van der Waals surface area contributed by atoms with Gasteiger partial charge in [0.1, 0.15) is 5.78 Å². The minimum absolute atomic E-state index is 0.180. The molecule has 0 unspecified atom stereocenters. The van der Waals surface area contributed by atoms with Crippen molar-refractivity contribution >= 4 is 11.7 Å². The monoisotopic (exact) mass is 178 g/mol. The van der Waals surface area contributed by atoms with E-state index in [1.54, 1.807) is 24.5 Å². The Kier molecular flexibility index (Phi) is 3.14. The molecule has 0 atom stereocenters. The van der Waals surface area contributed by atoms with Crippen LogP contribution in [0.15, 0.2) is 24.5 Å². The van der Waals surface area contributed by atoms with Crippen LogP contribution in [-0.4, -0.2) is 16.7 Å². The third-order valence-electron chi connectivity index (χ3n) is 1.50. The second kappa shape index (κ2) is 4.35. The summed E-state index contributed by atoms with van der Waals surface area (Å²) < 4.78 is 0. The Morgan fingerprint density at radius 1 is 1.46 bits per heavy atom. The predicted molar refractivity (Wildman–Crippen MR) is 46.8 cm³/mol. The number of aromatic nitrogens is 1. The Hall–Kier alpha value is -1.71. The molecule has 0 fully saturated rings. The molecule has 1 heterocycles. The van der Waals surface area contributed by atoms with E-state index in [-0.39, 0.29) is 18.6 Å². The molecule has 1 aromatic rings. The summed E-state index contributed by atoms with van der Waals surface area (Å²) in [5.41, 5.74) is 5.67. The quantitative estimate of drug-likeness (QED) is 0.663. The number of nitrogens with two attached hydrogens (primary N) is 1. The van der Waals surface area contributed by atoms with Gasteiger partial charge in [-0.1, -0.05) is 6.07 Å². The molecule has 2 N–H and O–H groups in total. The molecule has 0 saturated heterocycles. The number of primary amides is 1. The molecule has 1 aromatic heterocycles. The Morgan fingerprint density at radius 3 is 2.77 bits per heavy atom. The SMILES string of the molecule is NC(=O)CC(=O)Cc1cccnc1. The van der Waals surface area contributed by atoms with Crippen molar-refractivity contribution in [1.82, 2.24) is 4.98 Å². The maximum atomic E-state index is 11.1. The van der Waals surface area contributed by atoms with Gasteiger partial charge in [0.15, 0.2) is 0 Å². The molecule has 4 nitrogen and oxygen atoms in total. The van der Waals surface area contributed by atoms with Gasteiger partial charge in [-0.25, -0.2) is 0 Å². The summed E-state index contributed by atoms with van der Waals surface area (Å²) in [5, 5.41) is 0. The van der Waals surface area contributed by atoms with E-state index < -0.39 is 5.91 Å². The second-order valence-corrected chi connectivity index (χ2v) is 2.72. The van der Waals surface area contributed by atoms with Gasteiger partial charge in [-0.05, 0) is 11.6 Å². The summed E-state index contributed by atoms with van der Waals surface area (Å²) in [4.78, 5) is 25.3. The number of hydrogen-bond donors (Lipinski definition) is 1. The third kappa shape index (κ3) is 3.46. The summed E-state index contributed by atoms with van der Waals surface area (Å²) >= 11 is 0. The maximum absolute atomic E-state index is 11.1. The molecule has 68 valence electrons. The fraction of sp³-hybridized carbons (Fsp3) is 0.222. The van der Waals surface area contributed by atoms with Gasteiger partial charge in [0, 0.05) is 18.8 Å². The van der Waals surface area contributed by atoms with Crippen LogP contribution in [-0.2, 0) is 16.0 Å². The van der Waals surface area contributed by atoms with E-state index in [1.807, 2.05) is 0 Å². The summed E-state index contributed by atoms with van der Waals surface area (Å²) in [5.74, 6) is -0.769. The highest BCUT2D eigenvalue weighted by atomic mass is 16.2. The first-order chi connectivity index (χ1) is 6.18. The molecule has 0 bridgehead atoms. The predicted octanol–water partition coefficient (Wildman–Crippen LogP) is 0.0686. The van der Waals surface area contributed by atoms with E-state index in [4.69, 9.17) is 5.73 Å². The fourth-order valence-corrected chi connectivity index (χ4v) is 0.987. The van der Waals surface area contributed by atoms with Crippen molar-refractivity contribution in [2.75, 3.05) is 0 Å². The van der Waals surface area contributed by atoms with Gasteiger partial charge in [0.25, 0.3) is 0 Å². The third-order valence-corrected chi connectivity index (χ3v) is 1.50. The zero-order valence-corrected chi connectivity index (χ0v) is 7.06. The van der Waals surface area contributed by atoms with Crippen molar-refractivity contribution in [1.29, 1.82) is 0 Å². The van der Waals surface area contributed by atoms with Gasteiger partial charge in [-0.3, -0.25) is 14.6 Å². The number of rotatable bonds is 4. The van der Waals surface area contributed by atoms with E-state index in [1.165, 1.54) is 0 Å². The summed E-state index contributed by atoms with van der Waals surface area (Å²) in [6.07, 6.45) is 3.24. The highest BCUT2D eigenvalue weighted by Crippen LogP contribution is 1.99. The van der Waals surface area contributed by atoms with Crippen molar-refractivity contribution in [3.05, 3.63) is 30.1 Å². The molecule has 0 aliphatic heterocycles. The molecule has 4 heteroatoms. The molecule has 0 radical (unpaired) electrons. The Labute approximate surface area is 75.8 Å². The molecule has 0 spiro atoms. The van der Waals surface area contributed by atoms with Gasteiger partial charge < -0.3 is 5.73 Å². The van der Waals surface area contributed by atoms with Crippen molar-refractivity contribution in [2.24, 2.45) is 5.73 Å². The lowest BCUT2D eigenvalue weighted by atomic mass is 10.1. The smallest absolute Gasteiger partial charge is 0.224 e. The first-order valence-electron chi connectivity index (χ1n) is 3.87. The number of carbonyl (C=O) groups is 2. The number of pyridine rings is 1. The second-order valence-electron chi connectivity index (χ2n) is 2.72. The molecular weight excluding hydrogens is 168 g/mol. The Morgan fingerprint density at radius 2 is 2.23 bits per heavy atom. The van der Waals surface area contributed by atoms with Crippen LogP contribution < -0.4 is 5.73 Å². The van der Waals surface area contributed by atoms with Crippen LogP contribution in [0.4, 0.5) is 0 Å². The average Bonchev–Trinajstić information content (AvgIpc) is 2.04. The zero-order chi connectivity index (χ0) is 9.68. The minimum Gasteiger partial charge on any atom is -0.369 e. The molecule has 0 saturated carbocycles. The Bertz CT molecular complexity index is 309. The lowest BCUT2D eigenvalue weighted by Gasteiger charge is -1.97.